The number of Topliss-reactive ketones (excluding diaryl/α,β-unsaturated/α-hetero) is 1. The van der Waals surface area contributed by atoms with Gasteiger partial charge in [0.05, 0.1) is 11.4 Å². The number of fused-ring (bicyclic) bond motifs is 1. The summed E-state index contributed by atoms with van der Waals surface area (Å²) in [6.45, 7) is 4.99. The van der Waals surface area contributed by atoms with Crippen LogP contribution in [0.2, 0.25) is 0 Å². The molecule has 0 bridgehead atoms. The smallest absolute Gasteiger partial charge is 0.179 e. The Hall–Kier alpha value is -2.79. The minimum absolute atomic E-state index is 0.206. The van der Waals surface area contributed by atoms with Crippen molar-refractivity contribution >= 4 is 22.4 Å². The fraction of sp³-hybridized carbons (Fsp3) is 0.375. The molecule has 4 rings (SSSR count). The van der Waals surface area contributed by atoms with Crippen molar-refractivity contribution in [2.45, 2.75) is 25.7 Å². The van der Waals surface area contributed by atoms with Gasteiger partial charge in [-0.3, -0.25) is 9.69 Å². The average Bonchev–Trinajstić information content (AvgIpc) is 3.19. The number of carbonyl (C=O) groups is 1. The number of nitrogens with one attached hydrogen (secondary N) is 1. The molecule has 152 valence electrons. The van der Waals surface area contributed by atoms with Crippen molar-refractivity contribution in [3.63, 3.8) is 0 Å². The molecule has 1 aliphatic rings. The molecule has 5 heteroatoms. The van der Waals surface area contributed by atoms with Crippen molar-refractivity contribution in [1.82, 2.24) is 9.88 Å². The summed E-state index contributed by atoms with van der Waals surface area (Å²) in [5.74, 6) is 0.568. The highest BCUT2D eigenvalue weighted by Crippen LogP contribution is 2.27. The van der Waals surface area contributed by atoms with E-state index in [1.165, 1.54) is 0 Å². The third-order valence-corrected chi connectivity index (χ3v) is 5.80. The zero-order valence-corrected chi connectivity index (χ0v) is 16.8. The number of hydrogen-bond donors (Lipinski definition) is 2. The highest BCUT2D eigenvalue weighted by molar-refractivity contribution is 5.99. The largest absolute Gasteiger partial charge is 0.506 e. The van der Waals surface area contributed by atoms with Crippen molar-refractivity contribution in [3.8, 4) is 5.75 Å². The van der Waals surface area contributed by atoms with E-state index in [4.69, 9.17) is 0 Å². The van der Waals surface area contributed by atoms with Gasteiger partial charge in [0.1, 0.15) is 5.75 Å². The molecule has 0 aliphatic carbocycles. The lowest BCUT2D eigenvalue weighted by molar-refractivity contribution is 0.0974. The van der Waals surface area contributed by atoms with Crippen LogP contribution in [-0.2, 0) is 0 Å². The minimum atomic E-state index is 0.206. The molecule has 29 heavy (non-hydrogen) atoms. The number of nitrogens with zero attached hydrogens (tertiary/aromatic N) is 2. The number of hydrogen-bond acceptors (Lipinski definition) is 4. The van der Waals surface area contributed by atoms with Crippen molar-refractivity contribution in [2.24, 2.45) is 0 Å². The Balaban J connectivity index is 1.14. The van der Waals surface area contributed by atoms with Gasteiger partial charge in [-0.05, 0) is 43.7 Å². The van der Waals surface area contributed by atoms with E-state index in [-0.39, 0.29) is 5.78 Å². The van der Waals surface area contributed by atoms with Gasteiger partial charge in [-0.2, -0.15) is 0 Å². The van der Waals surface area contributed by atoms with E-state index in [0.29, 0.717) is 12.2 Å². The number of piperazine rings is 1. The molecule has 2 aromatic carbocycles. The van der Waals surface area contributed by atoms with E-state index >= 15 is 0 Å². The first-order valence-electron chi connectivity index (χ1n) is 10.6. The van der Waals surface area contributed by atoms with Crippen LogP contribution in [0.25, 0.3) is 10.9 Å². The van der Waals surface area contributed by atoms with E-state index in [1.54, 1.807) is 6.07 Å². The Kier molecular flexibility index (Phi) is 6.15. The number of aromatic amines is 1. The van der Waals surface area contributed by atoms with Gasteiger partial charge < -0.3 is 15.0 Å². The molecule has 0 amide bonds. The summed E-state index contributed by atoms with van der Waals surface area (Å²) in [6.07, 6.45) is 3.74. The molecule has 0 atom stereocenters. The monoisotopic (exact) mass is 391 g/mol. The van der Waals surface area contributed by atoms with E-state index in [1.807, 2.05) is 48.5 Å². The highest BCUT2D eigenvalue weighted by Gasteiger charge is 2.18. The van der Waals surface area contributed by atoms with Crippen LogP contribution in [-0.4, -0.2) is 53.5 Å². The van der Waals surface area contributed by atoms with Gasteiger partial charge in [0.15, 0.2) is 5.78 Å². The Morgan fingerprint density at radius 1 is 0.931 bits per heavy atom. The van der Waals surface area contributed by atoms with Crippen LogP contribution in [0.3, 0.4) is 0 Å². The number of phenolic OH excluding ortho intramolecular Hbond substituents is 1. The van der Waals surface area contributed by atoms with Crippen LogP contribution < -0.4 is 4.90 Å². The zero-order valence-electron chi connectivity index (χ0n) is 16.8. The fourth-order valence-corrected chi connectivity index (χ4v) is 4.10. The molecule has 0 radical (unpaired) electrons. The average molecular weight is 392 g/mol. The lowest BCUT2D eigenvalue weighted by atomic mass is 10.1. The van der Waals surface area contributed by atoms with Crippen molar-refractivity contribution in [1.29, 1.82) is 0 Å². The second-order valence-electron chi connectivity index (χ2n) is 7.82. The van der Waals surface area contributed by atoms with Crippen LogP contribution in [0.1, 0.15) is 36.2 Å². The van der Waals surface area contributed by atoms with Crippen LogP contribution >= 0.6 is 0 Å². The predicted octanol–water partition coefficient (Wildman–Crippen LogP) is 4.44. The molecule has 1 aliphatic heterocycles. The predicted molar refractivity (Wildman–Crippen MR) is 118 cm³/mol. The first-order chi connectivity index (χ1) is 14.2. The lowest BCUT2D eigenvalue weighted by Crippen LogP contribution is -2.46. The minimum Gasteiger partial charge on any atom is -0.506 e. The summed E-state index contributed by atoms with van der Waals surface area (Å²) in [6, 6.07) is 17.5. The quantitative estimate of drug-likeness (QED) is 0.440. The summed E-state index contributed by atoms with van der Waals surface area (Å²) in [7, 11) is 0. The first kappa shape index (κ1) is 19.5. The second-order valence-corrected chi connectivity index (χ2v) is 7.82. The Morgan fingerprint density at radius 2 is 1.69 bits per heavy atom. The molecule has 1 fully saturated rings. The van der Waals surface area contributed by atoms with Gasteiger partial charge in [0.25, 0.3) is 0 Å². The number of carbonyl (C=O) groups excluding carboxylic acids is 1. The maximum atomic E-state index is 12.4. The zero-order chi connectivity index (χ0) is 20.1. The highest BCUT2D eigenvalue weighted by atomic mass is 16.3. The van der Waals surface area contributed by atoms with Crippen molar-refractivity contribution in [2.75, 3.05) is 37.6 Å². The van der Waals surface area contributed by atoms with Gasteiger partial charge >= 0.3 is 0 Å². The number of para-hydroxylation sites is 3. The number of aromatic nitrogens is 1. The molecule has 0 saturated carbocycles. The standard InChI is InChI=1S/C24H29N3O2/c28-23(21-18-19-8-3-4-9-20(19)25-21)11-2-1-7-13-26-14-16-27(17-15-26)22-10-5-6-12-24(22)29/h3-6,8-10,12,18,25,29H,1-2,7,11,13-17H2. The third-order valence-electron chi connectivity index (χ3n) is 5.80. The summed E-state index contributed by atoms with van der Waals surface area (Å²) >= 11 is 0. The molecule has 1 saturated heterocycles. The molecule has 2 N–H and O–H groups in total. The van der Waals surface area contributed by atoms with Crippen LogP contribution in [0.15, 0.2) is 54.6 Å². The maximum Gasteiger partial charge on any atom is 0.179 e. The van der Waals surface area contributed by atoms with E-state index in [9.17, 15) is 9.90 Å². The molecule has 0 spiro atoms. The molecule has 3 aromatic rings. The summed E-state index contributed by atoms with van der Waals surface area (Å²) in [5.41, 5.74) is 2.69. The number of H-pyrrole nitrogens is 1. The number of anilines is 1. The van der Waals surface area contributed by atoms with Crippen molar-refractivity contribution in [3.05, 3.63) is 60.3 Å². The molecule has 5 nitrogen and oxygen atoms in total. The van der Waals surface area contributed by atoms with Gasteiger partial charge in [-0.15, -0.1) is 0 Å². The summed E-state index contributed by atoms with van der Waals surface area (Å²) in [4.78, 5) is 20.4. The fourth-order valence-electron chi connectivity index (χ4n) is 4.10. The van der Waals surface area contributed by atoms with E-state index in [2.05, 4.69) is 14.8 Å². The van der Waals surface area contributed by atoms with E-state index in [0.717, 1.165) is 74.3 Å². The Morgan fingerprint density at radius 3 is 2.48 bits per heavy atom. The normalized spacial score (nSPS) is 15.1. The van der Waals surface area contributed by atoms with Gasteiger partial charge in [-0.25, -0.2) is 0 Å². The number of benzene rings is 2. The Bertz CT molecular complexity index is 924. The van der Waals surface area contributed by atoms with Crippen molar-refractivity contribution < 1.29 is 9.90 Å². The summed E-state index contributed by atoms with van der Waals surface area (Å²) < 4.78 is 0. The molecular formula is C24H29N3O2. The SMILES string of the molecule is O=C(CCCCCN1CCN(c2ccccc2O)CC1)c1cc2ccccc2[nH]1. The Labute approximate surface area is 171 Å². The van der Waals surface area contributed by atoms with Gasteiger partial charge in [-0.1, -0.05) is 36.8 Å². The van der Waals surface area contributed by atoms with E-state index < -0.39 is 0 Å². The van der Waals surface area contributed by atoms with Crippen LogP contribution in [0.5, 0.6) is 5.75 Å². The van der Waals surface area contributed by atoms with Gasteiger partial charge in [0.2, 0.25) is 0 Å². The molecular weight excluding hydrogens is 362 g/mol. The number of rotatable bonds is 8. The summed E-state index contributed by atoms with van der Waals surface area (Å²) in [5, 5.41) is 11.1. The number of unbranched alkanes of at least 4 members (excludes halogenated alkanes) is 2. The van der Waals surface area contributed by atoms with Crippen LogP contribution in [0, 0.1) is 0 Å². The first-order valence-corrected chi connectivity index (χ1v) is 10.6. The topological polar surface area (TPSA) is 59.6 Å². The lowest BCUT2D eigenvalue weighted by Gasteiger charge is -2.36. The number of phenols is 1. The molecule has 0 unspecified atom stereocenters. The third kappa shape index (κ3) is 4.80. The van der Waals surface area contributed by atoms with Crippen LogP contribution in [0.4, 0.5) is 5.69 Å². The molecule has 1 aromatic heterocycles. The number of aromatic hydroxyl groups is 1. The van der Waals surface area contributed by atoms with Gasteiger partial charge in [0, 0.05) is 43.5 Å². The maximum absolute atomic E-state index is 12.4. The second kappa shape index (κ2) is 9.14. The number of ketones is 1. The molecule has 2 heterocycles.